The first-order chi connectivity index (χ1) is 39.0. The minimum Gasteiger partial charge on any atom is -0.444 e. The van der Waals surface area contributed by atoms with Gasteiger partial charge in [0.25, 0.3) is 0 Å². The highest BCUT2D eigenvalue weighted by Crippen LogP contribution is 2.53. The normalized spacial score (nSPS) is 22.6. The highest BCUT2D eigenvalue weighted by Gasteiger charge is 2.53. The van der Waals surface area contributed by atoms with Crippen LogP contribution in [0.5, 0.6) is 0 Å². The number of carbonyl (C=O) groups excluding carboxylic acids is 3. The van der Waals surface area contributed by atoms with Gasteiger partial charge in [0, 0.05) is 127 Å². The molecule has 6 fully saturated rings. The third kappa shape index (κ3) is 18.5. The molecule has 6 aliphatic rings. The number of nitrogens with two attached hydrogens (primary N) is 1. The Morgan fingerprint density at radius 3 is 1.37 bits per heavy atom. The molecule has 12 rings (SSSR count). The van der Waals surface area contributed by atoms with Crippen LogP contribution < -0.4 is 21.7 Å². The molecule has 81 heavy (non-hydrogen) atoms. The van der Waals surface area contributed by atoms with E-state index in [1.54, 1.807) is 34.3 Å². The number of hydrogen-bond donors (Lipinski definition) is 4. The summed E-state index contributed by atoms with van der Waals surface area (Å²) in [6.07, 6.45) is 16.3. The zero-order valence-corrected chi connectivity index (χ0v) is 50.7. The number of thiazole rings is 3. The number of nitrogens with one attached hydrogen (secondary N) is 3. The molecule has 3 aromatic heterocycles. The second-order valence-electron chi connectivity index (χ2n) is 25.3. The van der Waals surface area contributed by atoms with Crippen molar-refractivity contribution < 1.29 is 23.9 Å². The van der Waals surface area contributed by atoms with Gasteiger partial charge in [0.1, 0.15) is 21.2 Å². The van der Waals surface area contributed by atoms with Crippen LogP contribution in [0.1, 0.15) is 154 Å². The molecule has 14 nitrogen and oxygen atoms in total. The Morgan fingerprint density at radius 1 is 0.580 bits per heavy atom. The molecule has 0 bridgehead atoms. The van der Waals surface area contributed by atoms with Gasteiger partial charge in [-0.15, -0.1) is 34.0 Å². The Labute approximate surface area is 492 Å². The molecule has 0 radical (unpaired) electrons. The molecular weight excluding hydrogens is 1070 g/mol. The van der Waals surface area contributed by atoms with E-state index in [1.165, 1.54) is 52.3 Å². The lowest BCUT2D eigenvalue weighted by Gasteiger charge is -2.31. The minimum absolute atomic E-state index is 0.126. The van der Waals surface area contributed by atoms with Crippen molar-refractivity contribution in [2.45, 2.75) is 160 Å². The molecule has 434 valence electrons. The second-order valence-corrected chi connectivity index (χ2v) is 28.2. The van der Waals surface area contributed by atoms with Crippen LogP contribution in [0.25, 0.3) is 0 Å². The number of aldehydes is 1. The van der Waals surface area contributed by atoms with Crippen LogP contribution in [0.3, 0.4) is 0 Å². The van der Waals surface area contributed by atoms with E-state index in [0.717, 1.165) is 102 Å². The van der Waals surface area contributed by atoms with Crippen molar-refractivity contribution in [2.75, 3.05) is 39.3 Å². The summed E-state index contributed by atoms with van der Waals surface area (Å²) in [4.78, 5) is 51.9. The smallest absolute Gasteiger partial charge is 0.410 e. The van der Waals surface area contributed by atoms with Crippen molar-refractivity contribution in [3.63, 3.8) is 0 Å². The van der Waals surface area contributed by atoms with Crippen LogP contribution in [0.4, 0.5) is 9.59 Å². The predicted molar refractivity (Wildman–Crippen MR) is 326 cm³/mol. The molecule has 3 unspecified atom stereocenters. The van der Waals surface area contributed by atoms with Crippen molar-refractivity contribution in [1.29, 1.82) is 0 Å². The number of ether oxygens (including phenoxy) is 2. The number of carbonyl (C=O) groups is 3. The van der Waals surface area contributed by atoms with Crippen LogP contribution >= 0.6 is 34.0 Å². The quantitative estimate of drug-likeness (QED) is 0.0474. The number of rotatable bonds is 22. The van der Waals surface area contributed by atoms with E-state index in [-0.39, 0.29) is 35.1 Å². The average Bonchev–Trinajstić information content (AvgIpc) is 4.33. The lowest BCUT2D eigenvalue weighted by atomic mass is 10.1. The first-order valence-corrected chi connectivity index (χ1v) is 31.7. The predicted octanol–water partition coefficient (Wildman–Crippen LogP) is 12.4. The van der Waals surface area contributed by atoms with Crippen LogP contribution in [0, 0.1) is 16.2 Å². The largest absolute Gasteiger partial charge is 0.444 e. The van der Waals surface area contributed by atoms with Crippen LogP contribution in [-0.4, -0.2) is 112 Å². The van der Waals surface area contributed by atoms with Gasteiger partial charge in [0.15, 0.2) is 11.3 Å². The molecule has 2 amide bonds. The zero-order valence-electron chi connectivity index (χ0n) is 48.3. The third-order valence-corrected chi connectivity index (χ3v) is 18.4. The van der Waals surface area contributed by atoms with Gasteiger partial charge in [-0.3, -0.25) is 4.79 Å². The molecule has 5 N–H and O–H groups in total. The molecule has 17 heteroatoms. The molecule has 6 saturated carbocycles. The molecule has 0 spiro atoms. The maximum atomic E-state index is 13.1. The summed E-state index contributed by atoms with van der Waals surface area (Å²) in [5.41, 5.74) is 9.90. The highest BCUT2D eigenvalue weighted by molar-refractivity contribution is 7.11. The fraction of sp³-hybridized carbons (Fsp3) is 0.531. The van der Waals surface area contributed by atoms with E-state index in [2.05, 4.69) is 110 Å². The fourth-order valence-corrected chi connectivity index (χ4v) is 12.2. The number of aromatic nitrogens is 3. The Bertz CT molecular complexity index is 2850. The second kappa shape index (κ2) is 26.9. The van der Waals surface area contributed by atoms with E-state index in [4.69, 9.17) is 15.2 Å². The summed E-state index contributed by atoms with van der Waals surface area (Å²) in [6, 6.07) is 33.1. The van der Waals surface area contributed by atoms with Crippen LogP contribution in [0.2, 0.25) is 0 Å². The van der Waals surface area contributed by atoms with Crippen LogP contribution in [-0.2, 0) is 22.6 Å². The first-order valence-electron chi connectivity index (χ1n) is 29.1. The average molecular weight is 1160 g/mol. The van der Waals surface area contributed by atoms with Gasteiger partial charge in [0.2, 0.25) is 0 Å². The molecular formula is C64H85N9O5S3. The van der Waals surface area contributed by atoms with Gasteiger partial charge >= 0.3 is 12.2 Å². The Kier molecular flexibility index (Phi) is 20.0. The topological polar surface area (TPSA) is 177 Å². The fourth-order valence-electron chi connectivity index (χ4n) is 10.6. The van der Waals surface area contributed by atoms with Gasteiger partial charge in [0.05, 0.1) is 0 Å². The van der Waals surface area contributed by atoms with E-state index >= 15 is 0 Å². The number of nitrogens with zero attached hydrogens (tertiary/aromatic N) is 5. The summed E-state index contributed by atoms with van der Waals surface area (Å²) >= 11 is 4.75. The minimum atomic E-state index is -0.480. The van der Waals surface area contributed by atoms with Gasteiger partial charge in [-0.05, 0) is 128 Å². The third-order valence-electron chi connectivity index (χ3n) is 16.2. The van der Waals surface area contributed by atoms with E-state index < -0.39 is 11.2 Å². The number of amides is 2. The lowest BCUT2D eigenvalue weighted by molar-refractivity contribution is 0.0179. The molecule has 6 atom stereocenters. The molecule has 0 saturated heterocycles. The maximum Gasteiger partial charge on any atom is 0.410 e. The molecule has 6 aromatic rings. The molecule has 0 aliphatic heterocycles. The highest BCUT2D eigenvalue weighted by atomic mass is 32.1. The SMILES string of the molecule is CC(C)(C)OC(=O)N(CC1(CN)CC1)[C@H]1CC1c1ccccc1.CC(C)(C)OC(=O)N(CC1(CNCc2nccs2)CC1)[C@H]1CC1c1ccccc1.O=Cc1nccs1.c1ccc(C2C[C@@H]2NCC2(CNCc3nccs3)CC2)cc1. The summed E-state index contributed by atoms with van der Waals surface area (Å²) < 4.78 is 11.4. The Hall–Kier alpha value is -5.40. The van der Waals surface area contributed by atoms with Gasteiger partial charge in [-0.1, -0.05) is 91.0 Å². The van der Waals surface area contributed by atoms with Crippen molar-refractivity contribution in [2.24, 2.45) is 22.0 Å². The zero-order chi connectivity index (χ0) is 57.1. The van der Waals surface area contributed by atoms with Crippen LogP contribution in [0.15, 0.2) is 126 Å². The van der Waals surface area contributed by atoms with Crippen molar-refractivity contribution in [3.8, 4) is 0 Å². The number of benzene rings is 3. The summed E-state index contributed by atoms with van der Waals surface area (Å²) in [6.45, 7) is 18.6. The maximum absolute atomic E-state index is 13.1. The van der Waals surface area contributed by atoms with Gasteiger partial charge in [-0.2, -0.15) is 0 Å². The van der Waals surface area contributed by atoms with Crippen molar-refractivity contribution in [1.82, 2.24) is 40.7 Å². The molecule has 6 aliphatic carbocycles. The monoisotopic (exact) mass is 1160 g/mol. The standard InChI is InChI=1S/C23H31N3O2S.C19H28N2O2.C18H23N3S.C4H3NOS/c1-22(2,3)28-21(27)26(19-13-18(19)17-7-5-4-6-8-17)16-23(9-10-23)15-24-14-20-25-11-12-29-20;1-18(2,3)23-17(22)21(13-19(12-20)9-10-19)16-11-15(16)14-7-5-4-6-8-14;1-2-4-14(5-3-1)15-10-16(15)21-13-18(6-7-18)12-19-11-17-20-8-9-22-17;6-3-4-5-1-2-7-4/h4-8,11-12,18-19,24H,9-10,13-16H2,1-3H3;4-8,15-16H,9-13,20H2,1-3H3;1-5,8-9,15-16,19,21H,6-7,10-13H2;1-3H/t18?,19-;2*15?,16-;/m000./s1. The van der Waals surface area contributed by atoms with Crippen molar-refractivity contribution in [3.05, 3.63) is 157 Å². The Balaban J connectivity index is 0.000000139. The van der Waals surface area contributed by atoms with E-state index in [0.29, 0.717) is 34.8 Å². The lowest BCUT2D eigenvalue weighted by Crippen LogP contribution is -2.44. The van der Waals surface area contributed by atoms with Gasteiger partial charge in [-0.25, -0.2) is 24.5 Å². The summed E-state index contributed by atoms with van der Waals surface area (Å²) in [7, 11) is 0. The Morgan fingerprint density at radius 2 is 1.00 bits per heavy atom. The van der Waals surface area contributed by atoms with Crippen molar-refractivity contribution >= 4 is 52.5 Å². The summed E-state index contributed by atoms with van der Waals surface area (Å²) in [5, 5.41) is 19.6. The number of hydrogen-bond acceptors (Lipinski definition) is 15. The van der Waals surface area contributed by atoms with E-state index in [9.17, 15) is 14.4 Å². The molecule has 3 heterocycles. The van der Waals surface area contributed by atoms with Gasteiger partial charge < -0.3 is 41.0 Å². The first kappa shape index (κ1) is 60.2. The summed E-state index contributed by atoms with van der Waals surface area (Å²) in [5.74, 6) is 1.58. The molecule has 3 aromatic carbocycles. The van der Waals surface area contributed by atoms with E-state index in [1.807, 2.05) is 86.6 Å².